The summed E-state index contributed by atoms with van der Waals surface area (Å²) >= 11 is 0. The van der Waals surface area contributed by atoms with Gasteiger partial charge in [-0.3, -0.25) is 4.79 Å². The molecule has 1 aliphatic rings. The molecule has 3 rings (SSSR count). The highest BCUT2D eigenvalue weighted by molar-refractivity contribution is 5.92. The average Bonchev–Trinajstić information content (AvgIpc) is 3.02. The van der Waals surface area contributed by atoms with Gasteiger partial charge in [0.15, 0.2) is 0 Å². The van der Waals surface area contributed by atoms with E-state index < -0.39 is 0 Å². The fraction of sp³-hybridized carbons (Fsp3) is 0.412. The summed E-state index contributed by atoms with van der Waals surface area (Å²) in [5.74, 6) is -0.252. The molecule has 2 heterocycles. The number of rotatable bonds is 4. The number of amides is 1. The Hall–Kier alpha value is -2.34. The van der Waals surface area contributed by atoms with Crippen molar-refractivity contribution in [2.45, 2.75) is 18.3 Å². The summed E-state index contributed by atoms with van der Waals surface area (Å²) in [6.07, 6.45) is 3.40. The highest BCUT2D eigenvalue weighted by Gasteiger charge is 2.35. The van der Waals surface area contributed by atoms with E-state index in [-0.39, 0.29) is 22.7 Å². The quantitative estimate of drug-likeness (QED) is 0.790. The number of carbonyl (C=O) groups excluding carboxylic acids is 1. The minimum atomic E-state index is -0.368. The molecule has 6 nitrogen and oxygen atoms in total. The van der Waals surface area contributed by atoms with E-state index in [0.717, 1.165) is 25.9 Å². The molecule has 1 saturated heterocycles. The number of H-pyrrole nitrogens is 2. The summed E-state index contributed by atoms with van der Waals surface area (Å²) in [5, 5.41) is 2.99. The second-order valence-electron chi connectivity index (χ2n) is 6.29. The van der Waals surface area contributed by atoms with Crippen LogP contribution in [0.1, 0.15) is 28.9 Å². The SMILES string of the molecule is CN1CCC(CNC(=O)c2c[nH]c(=O)[nH]2)(c2ccccc2)CC1. The number of nitrogens with zero attached hydrogens (tertiary/aromatic N) is 1. The topological polar surface area (TPSA) is 81.0 Å². The van der Waals surface area contributed by atoms with Crippen LogP contribution in [0.4, 0.5) is 0 Å². The number of aromatic amines is 2. The van der Waals surface area contributed by atoms with Crippen molar-refractivity contribution >= 4 is 5.91 Å². The molecule has 23 heavy (non-hydrogen) atoms. The summed E-state index contributed by atoms with van der Waals surface area (Å²) < 4.78 is 0. The van der Waals surface area contributed by atoms with Crippen molar-refractivity contribution in [1.29, 1.82) is 0 Å². The van der Waals surface area contributed by atoms with Crippen LogP contribution in [0.5, 0.6) is 0 Å². The van der Waals surface area contributed by atoms with E-state index in [1.54, 1.807) is 0 Å². The fourth-order valence-corrected chi connectivity index (χ4v) is 3.20. The van der Waals surface area contributed by atoms with Gasteiger partial charge in [0.1, 0.15) is 5.69 Å². The van der Waals surface area contributed by atoms with Crippen molar-refractivity contribution in [2.24, 2.45) is 0 Å². The van der Waals surface area contributed by atoms with Crippen LogP contribution in [0.2, 0.25) is 0 Å². The van der Waals surface area contributed by atoms with Gasteiger partial charge in [0.25, 0.3) is 5.91 Å². The zero-order valence-electron chi connectivity index (χ0n) is 13.3. The first-order valence-electron chi connectivity index (χ1n) is 7.89. The Morgan fingerprint density at radius 1 is 1.26 bits per heavy atom. The number of nitrogens with one attached hydrogen (secondary N) is 3. The molecular weight excluding hydrogens is 292 g/mol. The third-order valence-corrected chi connectivity index (χ3v) is 4.76. The van der Waals surface area contributed by atoms with E-state index >= 15 is 0 Å². The standard InChI is InChI=1S/C17H22N4O2/c1-21-9-7-17(8-10-21,13-5-3-2-4-6-13)12-19-15(22)14-11-18-16(23)20-14/h2-6,11H,7-10,12H2,1H3,(H,19,22)(H2,18,20,23). The third kappa shape index (κ3) is 3.37. The van der Waals surface area contributed by atoms with Crippen LogP contribution in [0.15, 0.2) is 41.3 Å². The predicted molar refractivity (Wildman–Crippen MR) is 88.6 cm³/mol. The lowest BCUT2D eigenvalue weighted by Crippen LogP contribution is -2.48. The molecule has 3 N–H and O–H groups in total. The Balaban J connectivity index is 1.77. The molecule has 0 bridgehead atoms. The van der Waals surface area contributed by atoms with Gasteiger partial charge in [-0.15, -0.1) is 0 Å². The maximum atomic E-state index is 12.2. The zero-order valence-corrected chi connectivity index (χ0v) is 13.3. The Morgan fingerprint density at radius 2 is 1.96 bits per heavy atom. The number of hydrogen-bond donors (Lipinski definition) is 3. The number of likely N-dealkylation sites (tertiary alicyclic amines) is 1. The molecule has 1 aromatic heterocycles. The van der Waals surface area contributed by atoms with E-state index in [1.165, 1.54) is 11.8 Å². The maximum absolute atomic E-state index is 12.2. The molecular formula is C17H22N4O2. The maximum Gasteiger partial charge on any atom is 0.323 e. The van der Waals surface area contributed by atoms with Gasteiger partial charge in [-0.1, -0.05) is 30.3 Å². The molecule has 2 aromatic rings. The van der Waals surface area contributed by atoms with Crippen LogP contribution in [-0.2, 0) is 5.41 Å². The van der Waals surface area contributed by atoms with Crippen LogP contribution in [-0.4, -0.2) is 47.5 Å². The summed E-state index contributed by atoms with van der Waals surface area (Å²) in [6.45, 7) is 2.58. The summed E-state index contributed by atoms with van der Waals surface area (Å²) in [6, 6.07) is 10.4. The van der Waals surface area contributed by atoms with Crippen molar-refractivity contribution < 1.29 is 4.79 Å². The van der Waals surface area contributed by atoms with Crippen LogP contribution < -0.4 is 11.0 Å². The van der Waals surface area contributed by atoms with Gasteiger partial charge in [0, 0.05) is 18.2 Å². The van der Waals surface area contributed by atoms with E-state index in [2.05, 4.69) is 39.4 Å². The molecule has 0 spiro atoms. The molecule has 0 aliphatic carbocycles. The summed E-state index contributed by atoms with van der Waals surface area (Å²) in [5.41, 5.74) is 1.11. The molecule has 1 aromatic carbocycles. The smallest absolute Gasteiger partial charge is 0.323 e. The molecule has 1 amide bonds. The first kappa shape index (κ1) is 15.6. The zero-order chi connectivity index (χ0) is 16.3. The number of aromatic nitrogens is 2. The van der Waals surface area contributed by atoms with Crippen LogP contribution in [0.3, 0.4) is 0 Å². The van der Waals surface area contributed by atoms with Gasteiger partial charge in [-0.2, -0.15) is 0 Å². The lowest BCUT2D eigenvalue weighted by molar-refractivity contribution is 0.0923. The van der Waals surface area contributed by atoms with Gasteiger partial charge >= 0.3 is 5.69 Å². The number of piperidine rings is 1. The minimum absolute atomic E-state index is 0.0555. The highest BCUT2D eigenvalue weighted by Crippen LogP contribution is 2.34. The molecule has 6 heteroatoms. The van der Waals surface area contributed by atoms with Crippen LogP contribution in [0, 0.1) is 0 Å². The van der Waals surface area contributed by atoms with Crippen LogP contribution in [0.25, 0.3) is 0 Å². The second kappa shape index (κ2) is 6.42. The summed E-state index contributed by atoms with van der Waals surface area (Å²) in [4.78, 5) is 30.6. The molecule has 0 unspecified atom stereocenters. The van der Waals surface area contributed by atoms with Gasteiger partial charge < -0.3 is 20.2 Å². The lowest BCUT2D eigenvalue weighted by Gasteiger charge is -2.41. The van der Waals surface area contributed by atoms with Crippen LogP contribution >= 0.6 is 0 Å². The Morgan fingerprint density at radius 3 is 2.57 bits per heavy atom. The largest absolute Gasteiger partial charge is 0.350 e. The van der Waals surface area contributed by atoms with E-state index in [4.69, 9.17) is 0 Å². The van der Waals surface area contributed by atoms with Crippen molar-refractivity contribution in [2.75, 3.05) is 26.7 Å². The van der Waals surface area contributed by atoms with Gasteiger partial charge in [0.2, 0.25) is 0 Å². The predicted octanol–water partition coefficient (Wildman–Crippen LogP) is 1.10. The number of imidazole rings is 1. The monoisotopic (exact) mass is 314 g/mol. The molecule has 1 aliphatic heterocycles. The molecule has 1 fully saturated rings. The average molecular weight is 314 g/mol. The van der Waals surface area contributed by atoms with Crippen molar-refractivity contribution in [3.63, 3.8) is 0 Å². The fourth-order valence-electron chi connectivity index (χ4n) is 3.20. The normalized spacial score (nSPS) is 17.8. The van der Waals surface area contributed by atoms with Gasteiger partial charge in [-0.25, -0.2) is 4.79 Å². The number of carbonyl (C=O) groups is 1. The highest BCUT2D eigenvalue weighted by atomic mass is 16.2. The van der Waals surface area contributed by atoms with E-state index in [1.807, 2.05) is 18.2 Å². The molecule has 0 radical (unpaired) electrons. The van der Waals surface area contributed by atoms with Crippen molar-refractivity contribution in [1.82, 2.24) is 20.2 Å². The first-order valence-corrected chi connectivity index (χ1v) is 7.89. The van der Waals surface area contributed by atoms with Gasteiger partial charge in [-0.05, 0) is 38.5 Å². The Kier molecular flexibility index (Phi) is 4.34. The van der Waals surface area contributed by atoms with E-state index in [0.29, 0.717) is 6.54 Å². The Bertz CT molecular complexity index is 711. The molecule has 0 saturated carbocycles. The minimum Gasteiger partial charge on any atom is -0.350 e. The first-order chi connectivity index (χ1) is 11.1. The summed E-state index contributed by atoms with van der Waals surface area (Å²) in [7, 11) is 2.12. The lowest BCUT2D eigenvalue weighted by atomic mass is 9.72. The number of benzene rings is 1. The van der Waals surface area contributed by atoms with Crippen molar-refractivity contribution in [3.8, 4) is 0 Å². The second-order valence-corrected chi connectivity index (χ2v) is 6.29. The van der Waals surface area contributed by atoms with E-state index in [9.17, 15) is 9.59 Å². The van der Waals surface area contributed by atoms with Gasteiger partial charge in [0.05, 0.1) is 0 Å². The third-order valence-electron chi connectivity index (χ3n) is 4.76. The Labute approximate surface area is 134 Å². The molecule has 0 atom stereocenters. The van der Waals surface area contributed by atoms with Crippen molar-refractivity contribution in [3.05, 3.63) is 58.3 Å². The number of hydrogen-bond acceptors (Lipinski definition) is 3. The molecule has 122 valence electrons.